The fraction of sp³-hybridized carbons (Fsp3) is 0.154. The Morgan fingerprint density at radius 3 is 2.71 bits per heavy atom. The van der Waals surface area contributed by atoms with Gasteiger partial charge >= 0.3 is 0 Å². The molecule has 6 nitrogen and oxygen atoms in total. The largest absolute Gasteiger partial charge is 0.495 e. The molecule has 112 valence electrons. The van der Waals surface area contributed by atoms with Crippen molar-refractivity contribution in [3.05, 3.63) is 40.6 Å². The number of anilines is 1. The quantitative estimate of drug-likeness (QED) is 0.871. The smallest absolute Gasteiger partial charge is 0.238 e. The molecule has 0 fully saturated rings. The fourth-order valence-electron chi connectivity index (χ4n) is 1.73. The molecule has 21 heavy (non-hydrogen) atoms. The molecule has 0 bridgehead atoms. The summed E-state index contributed by atoms with van der Waals surface area (Å²) in [6.07, 6.45) is 0.201. The molecule has 1 aromatic heterocycles. The highest BCUT2D eigenvalue weighted by molar-refractivity contribution is 7.89. The van der Waals surface area contributed by atoms with Crippen molar-refractivity contribution >= 4 is 33.0 Å². The molecule has 8 heteroatoms. The number of primary sulfonamides is 1. The third-order valence-corrected chi connectivity index (χ3v) is 4.36. The minimum absolute atomic E-state index is 0.0888. The van der Waals surface area contributed by atoms with Crippen LogP contribution in [-0.2, 0) is 21.2 Å². The summed E-state index contributed by atoms with van der Waals surface area (Å²) < 4.78 is 27.8. The van der Waals surface area contributed by atoms with Gasteiger partial charge in [-0.1, -0.05) is 0 Å². The van der Waals surface area contributed by atoms with Crippen molar-refractivity contribution in [2.45, 2.75) is 11.3 Å². The van der Waals surface area contributed by atoms with Crippen LogP contribution in [0.3, 0.4) is 0 Å². The number of nitrogens with two attached hydrogens (primary N) is 1. The van der Waals surface area contributed by atoms with E-state index >= 15 is 0 Å². The highest BCUT2D eigenvalue weighted by Gasteiger charge is 2.14. The molecule has 3 N–H and O–H groups in total. The Kier molecular flexibility index (Phi) is 4.61. The number of methoxy groups -OCH3 is 1. The maximum atomic E-state index is 12.0. The summed E-state index contributed by atoms with van der Waals surface area (Å²) in [4.78, 5) is 11.9. The second kappa shape index (κ2) is 6.25. The van der Waals surface area contributed by atoms with E-state index < -0.39 is 10.0 Å². The Balaban J connectivity index is 2.23. The molecule has 0 saturated heterocycles. The number of amides is 1. The van der Waals surface area contributed by atoms with Crippen LogP contribution in [0.2, 0.25) is 0 Å². The Bertz CT molecular complexity index is 740. The number of carbonyl (C=O) groups excluding carboxylic acids is 1. The zero-order valence-corrected chi connectivity index (χ0v) is 12.8. The standard InChI is InChI=1S/C13H14N2O4S2/c1-19-12-3-2-10(21(14,17)18)7-11(12)15-13(16)6-9-4-5-20-8-9/h2-5,7-8H,6H2,1H3,(H,15,16)(H2,14,17,18). The van der Waals surface area contributed by atoms with E-state index in [0.717, 1.165) is 5.56 Å². The van der Waals surface area contributed by atoms with Crippen LogP contribution in [0.1, 0.15) is 5.56 Å². The van der Waals surface area contributed by atoms with E-state index in [9.17, 15) is 13.2 Å². The summed E-state index contributed by atoms with van der Waals surface area (Å²) in [7, 11) is -2.41. The average Bonchev–Trinajstić information content (AvgIpc) is 2.90. The SMILES string of the molecule is COc1ccc(S(N)(=O)=O)cc1NC(=O)Cc1ccsc1. The van der Waals surface area contributed by atoms with Gasteiger partial charge in [-0.3, -0.25) is 4.79 Å². The summed E-state index contributed by atoms with van der Waals surface area (Å²) in [6, 6.07) is 5.89. The normalized spacial score (nSPS) is 11.1. The van der Waals surface area contributed by atoms with Crippen LogP contribution in [-0.4, -0.2) is 21.4 Å². The van der Waals surface area contributed by atoms with Crippen LogP contribution >= 0.6 is 11.3 Å². The van der Waals surface area contributed by atoms with Gasteiger partial charge in [0.15, 0.2) is 0 Å². The van der Waals surface area contributed by atoms with Gasteiger partial charge in [0.05, 0.1) is 24.1 Å². The number of sulfonamides is 1. The van der Waals surface area contributed by atoms with Crippen LogP contribution in [0.25, 0.3) is 0 Å². The molecule has 1 amide bonds. The molecule has 2 aromatic rings. The first kappa shape index (κ1) is 15.5. The minimum Gasteiger partial charge on any atom is -0.495 e. The van der Waals surface area contributed by atoms with Gasteiger partial charge in [0.1, 0.15) is 5.75 Å². The van der Waals surface area contributed by atoms with E-state index in [1.165, 1.54) is 36.6 Å². The number of nitrogens with one attached hydrogen (secondary N) is 1. The molecule has 0 radical (unpaired) electrons. The number of thiophene rings is 1. The molecule has 2 rings (SSSR count). The van der Waals surface area contributed by atoms with Crippen LogP contribution in [0.4, 0.5) is 5.69 Å². The van der Waals surface area contributed by atoms with Gasteiger partial charge in [-0.15, -0.1) is 0 Å². The van der Waals surface area contributed by atoms with Gasteiger partial charge in [0.25, 0.3) is 0 Å². The van der Waals surface area contributed by atoms with E-state index in [-0.39, 0.29) is 22.9 Å². The van der Waals surface area contributed by atoms with Crippen molar-refractivity contribution in [2.24, 2.45) is 5.14 Å². The first-order valence-electron chi connectivity index (χ1n) is 5.92. The zero-order chi connectivity index (χ0) is 15.5. The minimum atomic E-state index is -3.84. The molecule has 0 aliphatic rings. The monoisotopic (exact) mass is 326 g/mol. The maximum Gasteiger partial charge on any atom is 0.238 e. The van der Waals surface area contributed by atoms with Crippen LogP contribution in [0, 0.1) is 0 Å². The molecule has 0 atom stereocenters. The van der Waals surface area contributed by atoms with E-state index in [1.807, 2.05) is 16.8 Å². The molecule has 0 aliphatic heterocycles. The lowest BCUT2D eigenvalue weighted by molar-refractivity contribution is -0.115. The molecule has 1 aromatic carbocycles. The van der Waals surface area contributed by atoms with Crippen molar-refractivity contribution in [2.75, 3.05) is 12.4 Å². The van der Waals surface area contributed by atoms with Crippen molar-refractivity contribution in [3.63, 3.8) is 0 Å². The topological polar surface area (TPSA) is 98.5 Å². The number of benzene rings is 1. The van der Waals surface area contributed by atoms with Gasteiger partial charge in [0.2, 0.25) is 15.9 Å². The van der Waals surface area contributed by atoms with E-state index in [0.29, 0.717) is 5.75 Å². The van der Waals surface area contributed by atoms with E-state index in [1.54, 1.807) is 0 Å². The van der Waals surface area contributed by atoms with Crippen molar-refractivity contribution in [1.29, 1.82) is 0 Å². The van der Waals surface area contributed by atoms with E-state index in [4.69, 9.17) is 9.88 Å². The third-order valence-electron chi connectivity index (χ3n) is 2.72. The molecule has 0 saturated carbocycles. The summed E-state index contributed by atoms with van der Waals surface area (Å²) >= 11 is 1.50. The maximum absolute atomic E-state index is 12.0. The average molecular weight is 326 g/mol. The Morgan fingerprint density at radius 1 is 1.38 bits per heavy atom. The van der Waals surface area contributed by atoms with Gasteiger partial charge in [-0.05, 0) is 40.6 Å². The molecule has 0 unspecified atom stereocenters. The lowest BCUT2D eigenvalue weighted by Gasteiger charge is -2.11. The summed E-state index contributed by atoms with van der Waals surface area (Å²) in [5, 5.41) is 11.5. The van der Waals surface area contributed by atoms with Crippen LogP contribution < -0.4 is 15.2 Å². The Labute approximate surface area is 126 Å². The third kappa shape index (κ3) is 4.03. The fourth-order valence-corrected chi connectivity index (χ4v) is 2.94. The number of rotatable bonds is 5. The first-order chi connectivity index (χ1) is 9.90. The lowest BCUT2D eigenvalue weighted by Crippen LogP contribution is -2.16. The first-order valence-corrected chi connectivity index (χ1v) is 8.41. The summed E-state index contributed by atoms with van der Waals surface area (Å²) in [6.45, 7) is 0. The van der Waals surface area contributed by atoms with Crippen LogP contribution in [0.5, 0.6) is 5.75 Å². The van der Waals surface area contributed by atoms with Gasteiger partial charge in [0, 0.05) is 0 Å². The van der Waals surface area contributed by atoms with E-state index in [2.05, 4.69) is 5.32 Å². The predicted molar refractivity (Wildman–Crippen MR) is 81.0 cm³/mol. The lowest BCUT2D eigenvalue weighted by atomic mass is 10.2. The van der Waals surface area contributed by atoms with Gasteiger partial charge in [-0.2, -0.15) is 11.3 Å². The van der Waals surface area contributed by atoms with Crippen LogP contribution in [0.15, 0.2) is 39.9 Å². The highest BCUT2D eigenvalue weighted by Crippen LogP contribution is 2.27. The highest BCUT2D eigenvalue weighted by atomic mass is 32.2. The summed E-state index contributed by atoms with van der Waals surface area (Å²) in [5.74, 6) is 0.0966. The molecule has 1 heterocycles. The van der Waals surface area contributed by atoms with Gasteiger partial charge in [-0.25, -0.2) is 13.6 Å². The second-order valence-electron chi connectivity index (χ2n) is 4.26. The number of ether oxygens (including phenoxy) is 1. The molecular formula is C13H14N2O4S2. The van der Waals surface area contributed by atoms with Gasteiger partial charge < -0.3 is 10.1 Å². The Hall–Kier alpha value is -1.90. The second-order valence-corrected chi connectivity index (χ2v) is 6.61. The number of hydrogen-bond acceptors (Lipinski definition) is 5. The predicted octanol–water partition coefficient (Wildman–Crippen LogP) is 1.59. The molecule has 0 spiro atoms. The number of hydrogen-bond donors (Lipinski definition) is 2. The van der Waals surface area contributed by atoms with Crippen molar-refractivity contribution in [3.8, 4) is 5.75 Å². The molecule has 0 aliphatic carbocycles. The zero-order valence-electron chi connectivity index (χ0n) is 11.2. The van der Waals surface area contributed by atoms with Crippen molar-refractivity contribution in [1.82, 2.24) is 0 Å². The van der Waals surface area contributed by atoms with Crippen molar-refractivity contribution < 1.29 is 17.9 Å². The molecular weight excluding hydrogens is 312 g/mol. The Morgan fingerprint density at radius 2 is 2.14 bits per heavy atom. The number of carbonyl (C=O) groups is 1. The summed E-state index contributed by atoms with van der Waals surface area (Å²) in [5.41, 5.74) is 1.16.